The van der Waals surface area contributed by atoms with E-state index in [9.17, 15) is 14.4 Å². The quantitative estimate of drug-likeness (QED) is 0.819. The Bertz CT molecular complexity index is 672. The SMILES string of the molecule is COC(=O)c1[nH]c(C)cc1NC(=O)[C@@H]1CCCN(C(=O)C(C)(C)C)C1. The van der Waals surface area contributed by atoms with Crippen LogP contribution in [0.3, 0.4) is 0 Å². The average Bonchev–Trinajstić information content (AvgIpc) is 2.93. The van der Waals surface area contributed by atoms with E-state index >= 15 is 0 Å². The fraction of sp³-hybridized carbons (Fsp3) is 0.611. The molecule has 2 N–H and O–H groups in total. The van der Waals surface area contributed by atoms with Gasteiger partial charge in [-0.2, -0.15) is 0 Å². The number of piperidine rings is 1. The first kappa shape index (κ1) is 19.0. The molecule has 0 aromatic carbocycles. The highest BCUT2D eigenvalue weighted by molar-refractivity contribution is 6.01. The molecule has 2 rings (SSSR count). The van der Waals surface area contributed by atoms with Gasteiger partial charge in [0.15, 0.2) is 0 Å². The summed E-state index contributed by atoms with van der Waals surface area (Å²) in [4.78, 5) is 41.6. The monoisotopic (exact) mass is 349 g/mol. The number of methoxy groups -OCH3 is 1. The molecule has 1 fully saturated rings. The number of aromatic nitrogens is 1. The van der Waals surface area contributed by atoms with Gasteiger partial charge in [-0.05, 0) is 25.8 Å². The van der Waals surface area contributed by atoms with Crippen LogP contribution in [0.15, 0.2) is 6.07 Å². The molecule has 1 aliphatic heterocycles. The molecule has 2 heterocycles. The average molecular weight is 349 g/mol. The zero-order valence-electron chi connectivity index (χ0n) is 15.6. The van der Waals surface area contributed by atoms with Gasteiger partial charge < -0.3 is 19.9 Å². The molecule has 25 heavy (non-hydrogen) atoms. The summed E-state index contributed by atoms with van der Waals surface area (Å²) in [5.74, 6) is -0.953. The van der Waals surface area contributed by atoms with Crippen LogP contribution in [0.5, 0.6) is 0 Å². The van der Waals surface area contributed by atoms with Crippen LogP contribution in [-0.2, 0) is 14.3 Å². The van der Waals surface area contributed by atoms with Crippen molar-refractivity contribution in [3.05, 3.63) is 17.5 Å². The number of esters is 1. The third-order valence-electron chi connectivity index (χ3n) is 4.32. The predicted octanol–water partition coefficient (Wildman–Crippen LogP) is 2.33. The third kappa shape index (κ3) is 4.41. The van der Waals surface area contributed by atoms with Gasteiger partial charge in [0, 0.05) is 24.2 Å². The number of H-pyrrole nitrogens is 1. The van der Waals surface area contributed by atoms with Crippen molar-refractivity contribution in [2.45, 2.75) is 40.5 Å². The highest BCUT2D eigenvalue weighted by Gasteiger charge is 2.33. The Hall–Kier alpha value is -2.31. The Labute approximate surface area is 148 Å². The molecule has 7 nitrogen and oxygen atoms in total. The van der Waals surface area contributed by atoms with Gasteiger partial charge in [-0.1, -0.05) is 20.8 Å². The van der Waals surface area contributed by atoms with Crippen molar-refractivity contribution >= 4 is 23.5 Å². The van der Waals surface area contributed by atoms with E-state index in [0.29, 0.717) is 18.8 Å². The maximum absolute atomic E-state index is 12.6. The molecule has 2 amide bonds. The van der Waals surface area contributed by atoms with Crippen LogP contribution in [0.25, 0.3) is 0 Å². The maximum Gasteiger partial charge on any atom is 0.356 e. The lowest BCUT2D eigenvalue weighted by Gasteiger charge is -2.35. The van der Waals surface area contributed by atoms with E-state index in [1.54, 1.807) is 17.9 Å². The number of nitrogens with zero attached hydrogens (tertiary/aromatic N) is 1. The Morgan fingerprint density at radius 2 is 2.00 bits per heavy atom. The number of ether oxygens (including phenoxy) is 1. The molecule has 0 aliphatic carbocycles. The molecule has 0 spiro atoms. The topological polar surface area (TPSA) is 91.5 Å². The zero-order valence-corrected chi connectivity index (χ0v) is 15.6. The van der Waals surface area contributed by atoms with E-state index in [0.717, 1.165) is 18.5 Å². The highest BCUT2D eigenvalue weighted by atomic mass is 16.5. The van der Waals surface area contributed by atoms with Gasteiger partial charge in [0.1, 0.15) is 5.69 Å². The van der Waals surface area contributed by atoms with Crippen LogP contribution in [0.2, 0.25) is 0 Å². The minimum absolute atomic E-state index is 0.0535. The minimum Gasteiger partial charge on any atom is -0.464 e. The second kappa shape index (κ2) is 7.29. The largest absolute Gasteiger partial charge is 0.464 e. The molecule has 0 unspecified atom stereocenters. The van der Waals surface area contributed by atoms with Crippen molar-refractivity contribution < 1.29 is 19.1 Å². The number of anilines is 1. The lowest BCUT2D eigenvalue weighted by atomic mass is 9.91. The number of aromatic amines is 1. The van der Waals surface area contributed by atoms with Crippen molar-refractivity contribution in [3.8, 4) is 0 Å². The Balaban J connectivity index is 2.09. The normalized spacial score (nSPS) is 18.0. The molecule has 0 radical (unpaired) electrons. The number of hydrogen-bond donors (Lipinski definition) is 2. The van der Waals surface area contributed by atoms with Gasteiger partial charge in [0.05, 0.1) is 18.7 Å². The lowest BCUT2D eigenvalue weighted by Crippen LogP contribution is -2.47. The molecule has 1 saturated heterocycles. The number of rotatable bonds is 3. The van der Waals surface area contributed by atoms with Crippen LogP contribution in [0.1, 0.15) is 49.8 Å². The Morgan fingerprint density at radius 3 is 2.60 bits per heavy atom. The Morgan fingerprint density at radius 1 is 1.32 bits per heavy atom. The number of nitrogens with one attached hydrogen (secondary N) is 2. The summed E-state index contributed by atoms with van der Waals surface area (Å²) in [5.41, 5.74) is 0.929. The Kier molecular flexibility index (Phi) is 5.55. The van der Waals surface area contributed by atoms with Crippen LogP contribution in [-0.4, -0.2) is 47.9 Å². The number of hydrogen-bond acceptors (Lipinski definition) is 4. The molecule has 0 bridgehead atoms. The summed E-state index contributed by atoms with van der Waals surface area (Å²) in [6.07, 6.45) is 1.51. The number of carbonyl (C=O) groups excluding carboxylic acids is 3. The fourth-order valence-corrected chi connectivity index (χ4v) is 3.04. The number of likely N-dealkylation sites (tertiary alicyclic amines) is 1. The standard InChI is InChI=1S/C18H27N3O4/c1-11-9-13(14(19-11)16(23)25-5)20-15(22)12-7-6-8-21(10-12)17(24)18(2,3)4/h9,12,19H,6-8,10H2,1-5H3,(H,20,22)/t12-/m1/s1. The van der Waals surface area contributed by atoms with Crippen molar-refractivity contribution in [2.24, 2.45) is 11.3 Å². The molecular weight excluding hydrogens is 322 g/mol. The van der Waals surface area contributed by atoms with Crippen LogP contribution in [0, 0.1) is 18.3 Å². The van der Waals surface area contributed by atoms with Crippen LogP contribution >= 0.6 is 0 Å². The van der Waals surface area contributed by atoms with Gasteiger partial charge in [-0.15, -0.1) is 0 Å². The second-order valence-electron chi connectivity index (χ2n) is 7.56. The van der Waals surface area contributed by atoms with Crippen molar-refractivity contribution in [2.75, 3.05) is 25.5 Å². The van der Waals surface area contributed by atoms with Crippen molar-refractivity contribution in [3.63, 3.8) is 0 Å². The molecule has 7 heteroatoms. The molecule has 1 aromatic rings. The summed E-state index contributed by atoms with van der Waals surface area (Å²) in [6, 6.07) is 1.70. The molecule has 0 saturated carbocycles. The maximum atomic E-state index is 12.6. The smallest absolute Gasteiger partial charge is 0.356 e. The van der Waals surface area contributed by atoms with E-state index in [-0.39, 0.29) is 23.4 Å². The fourth-order valence-electron chi connectivity index (χ4n) is 3.04. The molecule has 138 valence electrons. The van der Waals surface area contributed by atoms with Gasteiger partial charge in [0.25, 0.3) is 0 Å². The van der Waals surface area contributed by atoms with Gasteiger partial charge in [0.2, 0.25) is 11.8 Å². The van der Waals surface area contributed by atoms with Gasteiger partial charge in [-0.25, -0.2) is 4.79 Å². The lowest BCUT2D eigenvalue weighted by molar-refractivity contribution is -0.142. The van der Waals surface area contributed by atoms with E-state index in [1.165, 1.54) is 7.11 Å². The minimum atomic E-state index is -0.531. The summed E-state index contributed by atoms with van der Waals surface area (Å²) in [5, 5.41) is 2.81. The molecule has 1 aliphatic rings. The number of amides is 2. The molecule has 1 atom stereocenters. The van der Waals surface area contributed by atoms with Crippen molar-refractivity contribution in [1.82, 2.24) is 9.88 Å². The zero-order chi connectivity index (χ0) is 18.8. The van der Waals surface area contributed by atoms with E-state index in [2.05, 4.69) is 10.3 Å². The predicted molar refractivity (Wildman–Crippen MR) is 94.3 cm³/mol. The van der Waals surface area contributed by atoms with Crippen LogP contribution < -0.4 is 5.32 Å². The number of carbonyl (C=O) groups is 3. The summed E-state index contributed by atoms with van der Waals surface area (Å²) in [6.45, 7) is 8.51. The summed E-state index contributed by atoms with van der Waals surface area (Å²) < 4.78 is 4.73. The van der Waals surface area contributed by atoms with E-state index < -0.39 is 11.4 Å². The van der Waals surface area contributed by atoms with E-state index in [4.69, 9.17) is 4.74 Å². The van der Waals surface area contributed by atoms with E-state index in [1.807, 2.05) is 20.8 Å². The molecule has 1 aromatic heterocycles. The summed E-state index contributed by atoms with van der Waals surface area (Å²) >= 11 is 0. The second-order valence-corrected chi connectivity index (χ2v) is 7.56. The first-order chi connectivity index (χ1) is 11.6. The first-order valence-electron chi connectivity index (χ1n) is 8.51. The van der Waals surface area contributed by atoms with Crippen molar-refractivity contribution in [1.29, 1.82) is 0 Å². The molecular formula is C18H27N3O4. The highest BCUT2D eigenvalue weighted by Crippen LogP contribution is 2.25. The number of aryl methyl sites for hydroxylation is 1. The first-order valence-corrected chi connectivity index (χ1v) is 8.51. The summed E-state index contributed by atoms with van der Waals surface area (Å²) in [7, 11) is 1.29. The van der Waals surface area contributed by atoms with Gasteiger partial charge >= 0.3 is 5.97 Å². The van der Waals surface area contributed by atoms with Crippen LogP contribution in [0.4, 0.5) is 5.69 Å². The third-order valence-corrected chi connectivity index (χ3v) is 4.32. The van der Waals surface area contributed by atoms with Gasteiger partial charge in [-0.3, -0.25) is 9.59 Å².